The lowest BCUT2D eigenvalue weighted by Crippen LogP contribution is -2.66. The summed E-state index contributed by atoms with van der Waals surface area (Å²) in [5, 5.41) is 11.7. The highest BCUT2D eigenvalue weighted by Crippen LogP contribution is 2.36. The summed E-state index contributed by atoms with van der Waals surface area (Å²) < 4.78 is 43.6. The number of nitrogens with one attached hydrogen (secondary N) is 1. The highest BCUT2D eigenvalue weighted by atomic mass is 19.4. The zero-order valence-electron chi connectivity index (χ0n) is 24.5. The maximum absolute atomic E-state index is 13.6. The Labute approximate surface area is 258 Å². The van der Waals surface area contributed by atoms with E-state index in [9.17, 15) is 27.6 Å². The van der Waals surface area contributed by atoms with E-state index in [1.54, 1.807) is 55.6 Å². The lowest BCUT2D eigenvalue weighted by atomic mass is 9.82. The van der Waals surface area contributed by atoms with Crippen LogP contribution in [0.4, 0.5) is 13.2 Å². The van der Waals surface area contributed by atoms with Gasteiger partial charge >= 0.3 is 12.1 Å². The molecule has 1 amide bonds. The molecule has 3 aliphatic rings. The maximum atomic E-state index is 13.6. The number of hydrogen-bond acceptors (Lipinski definition) is 7. The molecule has 1 N–H and O–H groups in total. The van der Waals surface area contributed by atoms with E-state index < -0.39 is 24.2 Å². The fourth-order valence-corrected chi connectivity index (χ4v) is 5.69. The quantitative estimate of drug-likeness (QED) is 0.219. The Bertz CT molecular complexity index is 1470. The fraction of sp³-hybridized carbons (Fsp3) is 0.333. The number of esters is 1. The van der Waals surface area contributed by atoms with Crippen LogP contribution in [0.25, 0.3) is 0 Å². The summed E-state index contributed by atoms with van der Waals surface area (Å²) in [6.07, 6.45) is -3.68. The number of carboxylic acid groups (broad SMARTS) is 1. The Morgan fingerprint density at radius 1 is 0.889 bits per heavy atom. The van der Waals surface area contributed by atoms with Gasteiger partial charge in [0.2, 0.25) is 5.78 Å². The van der Waals surface area contributed by atoms with Crippen LogP contribution in [0.1, 0.15) is 45.2 Å². The summed E-state index contributed by atoms with van der Waals surface area (Å²) in [6.45, 7) is 2.82. The number of carboxylic acids is 1. The Kier molecular flexibility index (Phi) is 10.6. The second-order valence-electron chi connectivity index (χ2n) is 11.1. The van der Waals surface area contributed by atoms with Crippen LogP contribution in [0.3, 0.4) is 0 Å². The van der Waals surface area contributed by atoms with Crippen molar-refractivity contribution in [1.29, 1.82) is 0 Å². The van der Waals surface area contributed by atoms with Gasteiger partial charge in [0.25, 0.3) is 5.91 Å². The molecule has 2 bridgehead atoms. The third-order valence-corrected chi connectivity index (χ3v) is 8.11. The van der Waals surface area contributed by atoms with Crippen LogP contribution in [0.15, 0.2) is 84.9 Å². The van der Waals surface area contributed by atoms with Crippen molar-refractivity contribution in [3.05, 3.63) is 102 Å². The lowest BCUT2D eigenvalue weighted by Gasteiger charge is -2.51. The number of hydrogen-bond donors (Lipinski definition) is 1. The summed E-state index contributed by atoms with van der Waals surface area (Å²) in [6, 6.07) is 24.2. The minimum absolute atomic E-state index is 0.113. The molecule has 3 saturated heterocycles. The normalized spacial score (nSPS) is 21.0. The first kappa shape index (κ1) is 33.2. The minimum Gasteiger partial charge on any atom is -0.542 e. The molecule has 3 fully saturated rings. The molecule has 0 spiro atoms. The molecule has 45 heavy (non-hydrogen) atoms. The zero-order valence-corrected chi connectivity index (χ0v) is 24.5. The first-order valence-corrected chi connectivity index (χ1v) is 14.3. The molecule has 3 heterocycles. The van der Waals surface area contributed by atoms with Gasteiger partial charge in [0.05, 0.1) is 20.2 Å². The number of benzene rings is 3. The van der Waals surface area contributed by atoms with Crippen LogP contribution >= 0.6 is 0 Å². The van der Waals surface area contributed by atoms with Gasteiger partial charge in [-0.2, -0.15) is 13.2 Å². The molecule has 3 aliphatic heterocycles. The van der Waals surface area contributed by atoms with Crippen LogP contribution in [-0.2, 0) is 14.3 Å². The summed E-state index contributed by atoms with van der Waals surface area (Å²) in [5.41, 5.74) is 1.79. The van der Waals surface area contributed by atoms with E-state index in [4.69, 9.17) is 19.4 Å². The number of halogens is 3. The monoisotopic (exact) mass is 626 g/mol. The molecule has 0 aliphatic carbocycles. The highest BCUT2D eigenvalue weighted by Gasteiger charge is 2.49. The van der Waals surface area contributed by atoms with Gasteiger partial charge in [-0.3, -0.25) is 9.59 Å². The average Bonchev–Trinajstić information content (AvgIpc) is 3.04. The van der Waals surface area contributed by atoms with Crippen molar-refractivity contribution in [2.24, 2.45) is 5.92 Å². The summed E-state index contributed by atoms with van der Waals surface area (Å²) in [5.74, 6) is -2.83. The van der Waals surface area contributed by atoms with Crippen molar-refractivity contribution in [3.63, 3.8) is 0 Å². The van der Waals surface area contributed by atoms with Crippen molar-refractivity contribution in [2.45, 2.75) is 31.2 Å². The first-order chi connectivity index (χ1) is 21.4. The molecule has 3 aromatic rings. The number of methoxy groups -OCH3 is 1. The molecule has 3 aromatic carbocycles. The number of amides is 1. The van der Waals surface area contributed by atoms with Gasteiger partial charge in [0.15, 0.2) is 12.1 Å². The number of ketones is 1. The molecule has 12 heteroatoms. The van der Waals surface area contributed by atoms with Gasteiger partial charge < -0.3 is 29.2 Å². The Morgan fingerprint density at radius 3 is 1.93 bits per heavy atom. The van der Waals surface area contributed by atoms with E-state index in [-0.39, 0.29) is 23.7 Å². The molecule has 0 unspecified atom stereocenters. The number of aliphatic carboxylic acids is 1. The van der Waals surface area contributed by atoms with Crippen molar-refractivity contribution >= 4 is 23.6 Å². The van der Waals surface area contributed by atoms with Crippen molar-refractivity contribution in [3.8, 4) is 5.75 Å². The van der Waals surface area contributed by atoms with Crippen molar-refractivity contribution < 1.29 is 51.4 Å². The van der Waals surface area contributed by atoms with Gasteiger partial charge in [-0.15, -0.1) is 0 Å². The molecule has 0 saturated carbocycles. The fourth-order valence-electron chi connectivity index (χ4n) is 5.69. The van der Waals surface area contributed by atoms with Crippen LogP contribution in [0.2, 0.25) is 0 Å². The van der Waals surface area contributed by atoms with Crippen molar-refractivity contribution in [1.82, 2.24) is 5.32 Å². The molecule has 9 nitrogen and oxygen atoms in total. The second kappa shape index (κ2) is 14.4. The predicted molar refractivity (Wildman–Crippen MR) is 154 cm³/mol. The van der Waals surface area contributed by atoms with E-state index in [1.165, 1.54) is 0 Å². The number of piperidine rings is 3. The number of carbonyl (C=O) groups is 4. The number of fused-ring (bicyclic) bond motifs is 3. The third kappa shape index (κ3) is 8.69. The van der Waals surface area contributed by atoms with E-state index in [0.717, 1.165) is 25.9 Å². The standard InChI is InChI=1S/C31H32N2O5.C2HF3O2/c1-37-26-14-12-24(13-15-26)29(32-30(35)25-10-6-3-7-11-25)31(36)38-28-21-33(18-16-23(28)17-19-33)20-27(34)22-8-4-2-5-9-22;3-2(4,5)1(6)7/h2-15,23,28-29H,16-21H2,1H3;(H,6,7)/t23?,28-,29-,33?;/m0./s1. The van der Waals surface area contributed by atoms with E-state index in [1.807, 2.05) is 36.4 Å². The number of rotatable bonds is 9. The number of Topliss-reactive ketones (excluding diaryl/α,β-unsaturated/α-hetero) is 1. The first-order valence-electron chi connectivity index (χ1n) is 14.3. The molecular formula is C33H33F3N2O7. The molecule has 0 aromatic heterocycles. The summed E-state index contributed by atoms with van der Waals surface area (Å²) >= 11 is 0. The maximum Gasteiger partial charge on any atom is 0.430 e. The molecule has 238 valence electrons. The van der Waals surface area contributed by atoms with Gasteiger partial charge in [-0.25, -0.2) is 4.79 Å². The smallest absolute Gasteiger partial charge is 0.430 e. The van der Waals surface area contributed by atoms with Gasteiger partial charge in [-0.1, -0.05) is 60.7 Å². The predicted octanol–water partition coefficient (Wildman–Crippen LogP) is 3.50. The number of quaternary nitrogens is 1. The number of alkyl halides is 3. The summed E-state index contributed by atoms with van der Waals surface area (Å²) in [7, 11) is 1.58. The van der Waals surface area contributed by atoms with Gasteiger partial charge in [0.1, 0.15) is 24.8 Å². The highest BCUT2D eigenvalue weighted by molar-refractivity contribution is 5.97. The number of nitrogens with zero attached hydrogens (tertiary/aromatic N) is 1. The SMILES string of the molecule is COc1ccc([C@H](NC(=O)c2ccccc2)C(=O)O[C@H]2C[N+]3(CC(=O)c4ccccc4)CCC2CC3)cc1.O=C([O-])C(F)(F)F. The Hall–Kier alpha value is -4.71. The Morgan fingerprint density at radius 2 is 1.42 bits per heavy atom. The molecule has 0 radical (unpaired) electrons. The van der Waals surface area contributed by atoms with Gasteiger partial charge in [-0.05, 0) is 29.8 Å². The van der Waals surface area contributed by atoms with Crippen LogP contribution in [0, 0.1) is 5.92 Å². The van der Waals surface area contributed by atoms with Crippen molar-refractivity contribution in [2.75, 3.05) is 33.3 Å². The van der Waals surface area contributed by atoms with E-state index in [2.05, 4.69) is 5.32 Å². The van der Waals surface area contributed by atoms with Crippen LogP contribution in [0.5, 0.6) is 5.75 Å². The third-order valence-electron chi connectivity index (χ3n) is 8.11. The molecule has 2 atom stereocenters. The largest absolute Gasteiger partial charge is 0.542 e. The van der Waals surface area contributed by atoms with E-state index >= 15 is 0 Å². The van der Waals surface area contributed by atoms with Crippen LogP contribution < -0.4 is 15.2 Å². The topological polar surface area (TPSA) is 122 Å². The summed E-state index contributed by atoms with van der Waals surface area (Å²) in [4.78, 5) is 48.4. The zero-order chi connectivity index (χ0) is 32.6. The van der Waals surface area contributed by atoms with E-state index in [0.29, 0.717) is 40.0 Å². The number of ether oxygens (including phenoxy) is 2. The van der Waals surface area contributed by atoms with Gasteiger partial charge in [0, 0.05) is 29.9 Å². The minimum atomic E-state index is -5.19. The second-order valence-corrected chi connectivity index (χ2v) is 11.1. The average molecular weight is 627 g/mol. The molecule has 6 rings (SSSR count). The molecular weight excluding hydrogens is 593 g/mol. The Balaban J connectivity index is 0.000000591. The lowest BCUT2D eigenvalue weighted by molar-refractivity contribution is -0.938. The van der Waals surface area contributed by atoms with Crippen LogP contribution in [-0.4, -0.2) is 73.7 Å². The number of carbonyl (C=O) groups excluding carboxylic acids is 4.